The van der Waals surface area contributed by atoms with Gasteiger partial charge in [-0.3, -0.25) is 14.4 Å². The number of halogens is 1. The summed E-state index contributed by atoms with van der Waals surface area (Å²) in [6, 6.07) is 13.9. The normalized spacial score (nSPS) is 12.5. The van der Waals surface area contributed by atoms with Crippen molar-refractivity contribution in [2.75, 3.05) is 29.9 Å². The van der Waals surface area contributed by atoms with E-state index in [4.69, 9.17) is 16.3 Å². The highest BCUT2D eigenvalue weighted by atomic mass is 35.5. The number of rotatable bonds is 6. The molecule has 0 aliphatic carbocycles. The average molecular weight is 402 g/mol. The Labute approximate surface area is 167 Å². The number of fused-ring (bicyclic) bond motifs is 1. The Kier molecular flexibility index (Phi) is 6.49. The number of carbonyl (C=O) groups is 3. The monoisotopic (exact) mass is 401 g/mol. The van der Waals surface area contributed by atoms with E-state index in [1.807, 2.05) is 18.2 Å². The van der Waals surface area contributed by atoms with Crippen molar-refractivity contribution in [3.05, 3.63) is 53.6 Å². The van der Waals surface area contributed by atoms with Gasteiger partial charge in [-0.15, -0.1) is 0 Å². The van der Waals surface area contributed by atoms with E-state index >= 15 is 0 Å². The van der Waals surface area contributed by atoms with Crippen molar-refractivity contribution in [2.45, 2.75) is 12.8 Å². The highest BCUT2D eigenvalue weighted by Crippen LogP contribution is 2.31. The first-order chi connectivity index (χ1) is 13.5. The second-order valence-electron chi connectivity index (χ2n) is 6.19. The highest BCUT2D eigenvalue weighted by Gasteiger charge is 2.23. The van der Waals surface area contributed by atoms with Gasteiger partial charge in [0.05, 0.1) is 18.8 Å². The third-order valence-electron chi connectivity index (χ3n) is 4.17. The van der Waals surface area contributed by atoms with Gasteiger partial charge < -0.3 is 20.3 Å². The number of ether oxygens (including phenoxy) is 1. The predicted octanol–water partition coefficient (Wildman–Crippen LogP) is 2.60. The second-order valence-corrected chi connectivity index (χ2v) is 6.63. The fourth-order valence-electron chi connectivity index (χ4n) is 2.79. The largest absolute Gasteiger partial charge is 0.490 e. The molecule has 0 spiro atoms. The first-order valence-electron chi connectivity index (χ1n) is 8.87. The standard InChI is InChI=1S/C20H20ClN3O4/c21-14-5-7-15(8-6-14)23-19(26)13-22-18(25)9-10-20(27)24-11-12-28-17-4-2-1-3-16(17)24/h1-8H,9-13H2,(H,22,25)(H,23,26). The third kappa shape index (κ3) is 5.23. The van der Waals surface area contributed by atoms with Crippen LogP contribution in [0.25, 0.3) is 0 Å². The number of para-hydroxylation sites is 2. The summed E-state index contributed by atoms with van der Waals surface area (Å²) in [5, 5.41) is 5.74. The Morgan fingerprint density at radius 3 is 2.54 bits per heavy atom. The molecule has 0 unspecified atom stereocenters. The van der Waals surface area contributed by atoms with E-state index in [-0.39, 0.29) is 37.1 Å². The summed E-state index contributed by atoms with van der Waals surface area (Å²) in [7, 11) is 0. The number of hydrogen-bond donors (Lipinski definition) is 2. The summed E-state index contributed by atoms with van der Waals surface area (Å²) in [4.78, 5) is 37.9. The zero-order valence-electron chi connectivity index (χ0n) is 15.1. The van der Waals surface area contributed by atoms with E-state index in [1.165, 1.54) is 0 Å². The van der Waals surface area contributed by atoms with Crippen molar-refractivity contribution in [1.82, 2.24) is 5.32 Å². The minimum Gasteiger partial charge on any atom is -0.490 e. The zero-order valence-corrected chi connectivity index (χ0v) is 15.9. The maximum atomic E-state index is 12.5. The number of nitrogens with zero attached hydrogens (tertiary/aromatic N) is 1. The van der Waals surface area contributed by atoms with Gasteiger partial charge in [0, 0.05) is 23.6 Å². The molecular formula is C20H20ClN3O4. The molecule has 2 aromatic rings. The number of carbonyl (C=O) groups excluding carboxylic acids is 3. The van der Waals surface area contributed by atoms with Gasteiger partial charge in [0.2, 0.25) is 17.7 Å². The Balaban J connectivity index is 1.42. The summed E-state index contributed by atoms with van der Waals surface area (Å²) >= 11 is 5.79. The van der Waals surface area contributed by atoms with Gasteiger partial charge in [-0.2, -0.15) is 0 Å². The molecule has 3 rings (SSSR count). The van der Waals surface area contributed by atoms with Crippen molar-refractivity contribution >= 4 is 40.7 Å². The van der Waals surface area contributed by atoms with Gasteiger partial charge in [-0.05, 0) is 36.4 Å². The molecule has 1 heterocycles. The number of hydrogen-bond acceptors (Lipinski definition) is 4. The number of nitrogens with one attached hydrogen (secondary N) is 2. The lowest BCUT2D eigenvalue weighted by Gasteiger charge is -2.29. The van der Waals surface area contributed by atoms with Crippen LogP contribution < -0.4 is 20.3 Å². The van der Waals surface area contributed by atoms with Crippen molar-refractivity contribution in [2.24, 2.45) is 0 Å². The van der Waals surface area contributed by atoms with E-state index in [9.17, 15) is 14.4 Å². The number of anilines is 2. The molecule has 2 N–H and O–H groups in total. The van der Waals surface area contributed by atoms with Crippen LogP contribution in [0.3, 0.4) is 0 Å². The molecule has 146 valence electrons. The molecule has 3 amide bonds. The number of benzene rings is 2. The Hall–Kier alpha value is -3.06. The quantitative estimate of drug-likeness (QED) is 0.778. The van der Waals surface area contributed by atoms with Crippen LogP contribution >= 0.6 is 11.6 Å². The zero-order chi connectivity index (χ0) is 19.9. The van der Waals surface area contributed by atoms with Gasteiger partial charge in [0.15, 0.2) is 0 Å². The minimum atomic E-state index is -0.360. The van der Waals surface area contributed by atoms with Gasteiger partial charge in [0.1, 0.15) is 12.4 Å². The predicted molar refractivity (Wildman–Crippen MR) is 107 cm³/mol. The van der Waals surface area contributed by atoms with E-state index in [0.717, 1.165) is 0 Å². The summed E-state index contributed by atoms with van der Waals surface area (Å²) in [5.74, 6) is -0.216. The Morgan fingerprint density at radius 1 is 1.00 bits per heavy atom. The molecular weight excluding hydrogens is 382 g/mol. The first kappa shape index (κ1) is 19.7. The SMILES string of the molecule is O=C(CCC(=O)N1CCOc2ccccc21)NCC(=O)Nc1ccc(Cl)cc1. The first-order valence-corrected chi connectivity index (χ1v) is 9.25. The fourth-order valence-corrected chi connectivity index (χ4v) is 2.92. The third-order valence-corrected chi connectivity index (χ3v) is 4.42. The summed E-state index contributed by atoms with van der Waals surface area (Å²) in [6.45, 7) is 0.691. The van der Waals surface area contributed by atoms with Gasteiger partial charge in [0.25, 0.3) is 0 Å². The van der Waals surface area contributed by atoms with Crippen LogP contribution in [0.5, 0.6) is 5.75 Å². The Bertz CT molecular complexity index is 870. The summed E-state index contributed by atoms with van der Waals surface area (Å²) in [6.07, 6.45) is 0.0611. The van der Waals surface area contributed by atoms with E-state index in [2.05, 4.69) is 10.6 Å². The van der Waals surface area contributed by atoms with Crippen molar-refractivity contribution in [1.29, 1.82) is 0 Å². The van der Waals surface area contributed by atoms with E-state index in [1.54, 1.807) is 35.2 Å². The summed E-state index contributed by atoms with van der Waals surface area (Å²) < 4.78 is 5.52. The maximum absolute atomic E-state index is 12.5. The minimum absolute atomic E-state index is 0.00653. The average Bonchev–Trinajstić information content (AvgIpc) is 2.71. The molecule has 0 aromatic heterocycles. The molecule has 0 fully saturated rings. The fraction of sp³-hybridized carbons (Fsp3) is 0.250. The summed E-state index contributed by atoms with van der Waals surface area (Å²) in [5.41, 5.74) is 1.30. The van der Waals surface area contributed by atoms with Gasteiger partial charge in [-0.25, -0.2) is 0 Å². The topological polar surface area (TPSA) is 87.7 Å². The maximum Gasteiger partial charge on any atom is 0.243 e. The van der Waals surface area contributed by atoms with E-state index < -0.39 is 0 Å². The smallest absolute Gasteiger partial charge is 0.243 e. The molecule has 1 aliphatic rings. The van der Waals surface area contributed by atoms with Crippen LogP contribution in [0.4, 0.5) is 11.4 Å². The van der Waals surface area contributed by atoms with Crippen LogP contribution in [0, 0.1) is 0 Å². The molecule has 0 radical (unpaired) electrons. The van der Waals surface area contributed by atoms with Crippen molar-refractivity contribution < 1.29 is 19.1 Å². The lowest BCUT2D eigenvalue weighted by atomic mass is 10.2. The lowest BCUT2D eigenvalue weighted by molar-refractivity contribution is -0.126. The van der Waals surface area contributed by atoms with Crippen LogP contribution in [-0.4, -0.2) is 37.4 Å². The van der Waals surface area contributed by atoms with Crippen molar-refractivity contribution in [3.63, 3.8) is 0 Å². The molecule has 7 nitrogen and oxygen atoms in total. The highest BCUT2D eigenvalue weighted by molar-refractivity contribution is 6.30. The van der Waals surface area contributed by atoms with Crippen LogP contribution in [0.2, 0.25) is 5.02 Å². The second kappa shape index (κ2) is 9.23. The molecule has 0 saturated carbocycles. The van der Waals surface area contributed by atoms with E-state index in [0.29, 0.717) is 35.3 Å². The van der Waals surface area contributed by atoms with Crippen LogP contribution in [0.15, 0.2) is 48.5 Å². The Morgan fingerprint density at radius 2 is 1.75 bits per heavy atom. The van der Waals surface area contributed by atoms with Gasteiger partial charge in [-0.1, -0.05) is 23.7 Å². The van der Waals surface area contributed by atoms with Crippen LogP contribution in [-0.2, 0) is 14.4 Å². The van der Waals surface area contributed by atoms with Crippen LogP contribution in [0.1, 0.15) is 12.8 Å². The molecule has 2 aromatic carbocycles. The van der Waals surface area contributed by atoms with Crippen molar-refractivity contribution in [3.8, 4) is 5.75 Å². The molecule has 0 saturated heterocycles. The molecule has 1 aliphatic heterocycles. The number of amides is 3. The van der Waals surface area contributed by atoms with Gasteiger partial charge >= 0.3 is 0 Å². The lowest BCUT2D eigenvalue weighted by Crippen LogP contribution is -2.39. The molecule has 28 heavy (non-hydrogen) atoms. The molecule has 0 bridgehead atoms. The molecule has 8 heteroatoms. The molecule has 0 atom stereocenters.